The molecule has 10 nitrogen and oxygen atoms in total. The van der Waals surface area contributed by atoms with Gasteiger partial charge in [0.15, 0.2) is 0 Å². The highest BCUT2D eigenvalue weighted by Crippen LogP contribution is 2.46. The number of nitrogens with one attached hydrogen (secondary N) is 4. The summed E-state index contributed by atoms with van der Waals surface area (Å²) in [6.07, 6.45) is 3.16. The maximum atomic E-state index is 12.2. The first kappa shape index (κ1) is 22.1. The summed E-state index contributed by atoms with van der Waals surface area (Å²) in [5, 5.41) is 24.3. The molecule has 0 spiro atoms. The summed E-state index contributed by atoms with van der Waals surface area (Å²) in [5.74, 6) is -7.02. The van der Waals surface area contributed by atoms with Gasteiger partial charge in [-0.2, -0.15) is 0 Å². The van der Waals surface area contributed by atoms with Gasteiger partial charge in [0.1, 0.15) is 11.4 Å². The average molecular weight is 546 g/mol. The van der Waals surface area contributed by atoms with Crippen LogP contribution in [0.2, 0.25) is 0 Å². The summed E-state index contributed by atoms with van der Waals surface area (Å²) in [5.41, 5.74) is 0.565. The Morgan fingerprint density at radius 3 is 1.43 bits per heavy atom. The first-order valence-electron chi connectivity index (χ1n) is 8.89. The van der Waals surface area contributed by atoms with Crippen molar-refractivity contribution in [3.63, 3.8) is 0 Å². The minimum absolute atomic E-state index is 0.0369. The summed E-state index contributed by atoms with van der Waals surface area (Å²) < 4.78 is 1.37. The van der Waals surface area contributed by atoms with Gasteiger partial charge in [0, 0.05) is 34.4 Å². The third kappa shape index (κ3) is 4.59. The summed E-state index contributed by atoms with van der Waals surface area (Å²) >= 11 is 6.44. The fraction of sp³-hybridized carbons (Fsp3) is 0.333. The first-order chi connectivity index (χ1) is 14.2. The minimum Gasteiger partial charge on any atom is -0.481 e. The minimum atomic E-state index is -1.25. The number of hydrogen-bond acceptors (Lipinski definition) is 4. The van der Waals surface area contributed by atoms with Crippen molar-refractivity contribution in [3.05, 3.63) is 44.9 Å². The lowest BCUT2D eigenvalue weighted by Gasteiger charge is -2.47. The van der Waals surface area contributed by atoms with E-state index < -0.39 is 47.4 Å². The molecule has 2 aromatic rings. The van der Waals surface area contributed by atoms with Crippen molar-refractivity contribution < 1.29 is 29.4 Å². The molecule has 160 valence electrons. The van der Waals surface area contributed by atoms with Gasteiger partial charge in [0.05, 0.1) is 11.8 Å². The van der Waals surface area contributed by atoms with E-state index in [1.807, 2.05) is 0 Å². The molecule has 12 heteroatoms. The predicted octanol–water partition coefficient (Wildman–Crippen LogP) is 1.68. The van der Waals surface area contributed by atoms with Crippen molar-refractivity contribution in [2.45, 2.75) is 0 Å². The molecule has 2 heterocycles. The zero-order chi connectivity index (χ0) is 22.0. The van der Waals surface area contributed by atoms with Crippen LogP contribution < -0.4 is 10.6 Å². The van der Waals surface area contributed by atoms with Crippen molar-refractivity contribution in [1.82, 2.24) is 20.6 Å². The van der Waals surface area contributed by atoms with Crippen molar-refractivity contribution in [1.29, 1.82) is 0 Å². The van der Waals surface area contributed by atoms with Gasteiger partial charge >= 0.3 is 11.9 Å². The van der Waals surface area contributed by atoms with E-state index in [0.29, 0.717) is 8.95 Å². The molecule has 4 atom stereocenters. The molecule has 1 aliphatic carbocycles. The van der Waals surface area contributed by atoms with Crippen LogP contribution in [0.1, 0.15) is 21.0 Å². The van der Waals surface area contributed by atoms with E-state index in [4.69, 9.17) is 0 Å². The van der Waals surface area contributed by atoms with E-state index in [9.17, 15) is 29.4 Å². The topological polar surface area (TPSA) is 164 Å². The lowest BCUT2D eigenvalue weighted by atomic mass is 9.56. The van der Waals surface area contributed by atoms with Crippen LogP contribution in [0.15, 0.2) is 33.5 Å². The Morgan fingerprint density at radius 1 is 0.800 bits per heavy atom. The highest BCUT2D eigenvalue weighted by Gasteiger charge is 2.57. The van der Waals surface area contributed by atoms with Crippen molar-refractivity contribution in [2.24, 2.45) is 23.7 Å². The molecule has 1 aliphatic rings. The van der Waals surface area contributed by atoms with Gasteiger partial charge in [-0.25, -0.2) is 0 Å². The highest BCUT2D eigenvalue weighted by atomic mass is 79.9. The van der Waals surface area contributed by atoms with Crippen LogP contribution in [0, 0.1) is 23.7 Å². The standard InChI is InChI=1S/C18H18Br2N4O6/c19-7-1-11(21-3-7)15(25)23-5-9-10(14(18(29)30)13(9)17(27)28)6-24-16(26)12-2-8(20)4-22-12/h1-4,9-10,13-14,21-22H,5-6H2,(H,23,25)(H,24,26)(H,27,28)(H,29,30)/t9-,10-,13+,14+/m0/s1. The Bertz CT molecular complexity index is 909. The second-order valence-electron chi connectivity index (χ2n) is 6.94. The molecule has 0 aliphatic heterocycles. The van der Waals surface area contributed by atoms with E-state index in [1.54, 1.807) is 24.5 Å². The van der Waals surface area contributed by atoms with Crippen LogP contribution in [0.4, 0.5) is 0 Å². The number of aromatic amines is 2. The molecule has 0 saturated heterocycles. The number of halogens is 2. The fourth-order valence-electron chi connectivity index (χ4n) is 3.76. The Morgan fingerprint density at radius 2 is 1.17 bits per heavy atom. The number of hydrogen-bond donors (Lipinski definition) is 6. The van der Waals surface area contributed by atoms with Crippen molar-refractivity contribution in [3.8, 4) is 0 Å². The average Bonchev–Trinajstić information content (AvgIpc) is 3.28. The predicted molar refractivity (Wildman–Crippen MR) is 111 cm³/mol. The Labute approximate surface area is 187 Å². The summed E-state index contributed by atoms with van der Waals surface area (Å²) in [7, 11) is 0. The van der Waals surface area contributed by atoms with Crippen LogP contribution in [0.5, 0.6) is 0 Å². The maximum Gasteiger partial charge on any atom is 0.307 e. The second-order valence-corrected chi connectivity index (χ2v) is 8.77. The molecule has 1 fully saturated rings. The van der Waals surface area contributed by atoms with Crippen molar-refractivity contribution >= 4 is 55.6 Å². The molecular weight excluding hydrogens is 528 g/mol. The maximum absolute atomic E-state index is 12.2. The largest absolute Gasteiger partial charge is 0.481 e. The number of amides is 2. The lowest BCUT2D eigenvalue weighted by Crippen LogP contribution is -2.60. The van der Waals surface area contributed by atoms with Gasteiger partial charge < -0.3 is 30.8 Å². The molecule has 6 N–H and O–H groups in total. The highest BCUT2D eigenvalue weighted by molar-refractivity contribution is 9.10. The van der Waals surface area contributed by atoms with Gasteiger partial charge in [0.25, 0.3) is 11.8 Å². The van der Waals surface area contributed by atoms with E-state index in [1.165, 1.54) is 0 Å². The smallest absolute Gasteiger partial charge is 0.307 e. The number of carboxylic acids is 2. The second kappa shape index (κ2) is 9.04. The molecular formula is C18H18Br2N4O6. The Hall–Kier alpha value is -2.60. The first-order valence-corrected chi connectivity index (χ1v) is 10.5. The molecule has 0 aromatic carbocycles. The van der Waals surface area contributed by atoms with Crippen LogP contribution in [-0.2, 0) is 9.59 Å². The molecule has 3 rings (SSSR count). The van der Waals surface area contributed by atoms with Gasteiger partial charge in [0.2, 0.25) is 0 Å². The van der Waals surface area contributed by atoms with Crippen LogP contribution in [-0.4, -0.2) is 57.0 Å². The normalized spacial score (nSPS) is 22.7. The van der Waals surface area contributed by atoms with E-state index in [0.717, 1.165) is 0 Å². The summed E-state index contributed by atoms with van der Waals surface area (Å²) in [6, 6.07) is 3.13. The van der Waals surface area contributed by atoms with Crippen LogP contribution in [0.3, 0.4) is 0 Å². The van der Waals surface area contributed by atoms with E-state index >= 15 is 0 Å². The third-order valence-corrected chi connectivity index (χ3v) is 6.13. The molecule has 1 saturated carbocycles. The number of H-pyrrole nitrogens is 2. The zero-order valence-electron chi connectivity index (χ0n) is 15.3. The monoisotopic (exact) mass is 544 g/mol. The summed E-state index contributed by atoms with van der Waals surface area (Å²) in [4.78, 5) is 53.3. The molecule has 0 unspecified atom stereocenters. The quantitative estimate of drug-likeness (QED) is 0.295. The van der Waals surface area contributed by atoms with Crippen molar-refractivity contribution in [2.75, 3.05) is 13.1 Å². The number of carbonyl (C=O) groups is 4. The van der Waals surface area contributed by atoms with Gasteiger partial charge in [-0.3, -0.25) is 19.2 Å². The number of rotatable bonds is 8. The lowest BCUT2D eigenvalue weighted by molar-refractivity contribution is -0.174. The molecule has 2 amide bonds. The zero-order valence-corrected chi connectivity index (χ0v) is 18.5. The molecule has 0 bridgehead atoms. The number of carbonyl (C=O) groups excluding carboxylic acids is 2. The fourth-order valence-corrected chi connectivity index (χ4v) is 4.45. The Kier molecular flexibility index (Phi) is 6.66. The van der Waals surface area contributed by atoms with Crippen LogP contribution >= 0.6 is 31.9 Å². The molecule has 30 heavy (non-hydrogen) atoms. The van der Waals surface area contributed by atoms with Gasteiger partial charge in [-0.05, 0) is 55.8 Å². The summed E-state index contributed by atoms with van der Waals surface area (Å²) in [6.45, 7) is -0.0738. The van der Waals surface area contributed by atoms with Gasteiger partial charge in [-0.15, -0.1) is 0 Å². The molecule has 2 aromatic heterocycles. The van der Waals surface area contributed by atoms with Crippen LogP contribution in [0.25, 0.3) is 0 Å². The molecule has 0 radical (unpaired) electrons. The SMILES string of the molecule is O=C(NC[C@H]1[C@H](CNC(=O)c2cc(Br)c[nH]2)[C@@H](C(=O)O)[C@@H]1C(=O)O)c1cc(Br)c[nH]1. The Balaban J connectivity index is 1.68. The number of aromatic nitrogens is 2. The van der Waals surface area contributed by atoms with E-state index in [-0.39, 0.29) is 24.5 Å². The van der Waals surface area contributed by atoms with Gasteiger partial charge in [-0.1, -0.05) is 0 Å². The number of carboxylic acid groups (broad SMARTS) is 2. The third-order valence-electron chi connectivity index (χ3n) is 5.21. The number of aliphatic carboxylic acids is 2. The van der Waals surface area contributed by atoms with E-state index in [2.05, 4.69) is 52.5 Å².